The fourth-order valence-electron chi connectivity index (χ4n) is 2.12. The second-order valence-corrected chi connectivity index (χ2v) is 6.55. The molecule has 0 saturated carbocycles. The van der Waals surface area contributed by atoms with Crippen molar-refractivity contribution < 1.29 is 19.0 Å². The van der Waals surface area contributed by atoms with Crippen LogP contribution in [-0.4, -0.2) is 18.5 Å². The molecule has 0 unspecified atom stereocenters. The number of carbonyl (C=O) groups is 1. The predicted octanol–water partition coefficient (Wildman–Crippen LogP) is 3.98. The minimum atomic E-state index is -0.742. The number of hydrogen-bond donors (Lipinski definition) is 0. The minimum absolute atomic E-state index is 0.205. The maximum absolute atomic E-state index is 12.0. The summed E-state index contributed by atoms with van der Waals surface area (Å²) >= 11 is 0. The molecule has 22 heavy (non-hydrogen) atoms. The number of allylic oxidation sites excluding steroid dienone is 1. The number of rotatable bonds is 3. The van der Waals surface area contributed by atoms with E-state index in [0.717, 1.165) is 5.56 Å². The third-order valence-electron chi connectivity index (χ3n) is 3.59. The van der Waals surface area contributed by atoms with Crippen LogP contribution in [0.4, 0.5) is 0 Å². The van der Waals surface area contributed by atoms with Gasteiger partial charge in [-0.05, 0) is 19.4 Å². The fourth-order valence-corrected chi connectivity index (χ4v) is 2.12. The third-order valence-corrected chi connectivity index (χ3v) is 3.59. The van der Waals surface area contributed by atoms with Gasteiger partial charge in [-0.3, -0.25) is 0 Å². The van der Waals surface area contributed by atoms with Crippen LogP contribution in [0.1, 0.15) is 46.3 Å². The van der Waals surface area contributed by atoms with E-state index in [-0.39, 0.29) is 11.4 Å². The highest BCUT2D eigenvalue weighted by Gasteiger charge is 2.44. The second-order valence-electron chi connectivity index (χ2n) is 6.55. The maximum Gasteiger partial charge on any atom is 0.335 e. The number of benzene rings is 1. The van der Waals surface area contributed by atoms with Crippen LogP contribution < -0.4 is 0 Å². The van der Waals surface area contributed by atoms with Crippen molar-refractivity contribution >= 4 is 5.97 Å². The second kappa shape index (κ2) is 6.63. The highest BCUT2D eigenvalue weighted by atomic mass is 16.8. The summed E-state index contributed by atoms with van der Waals surface area (Å²) in [6, 6.07) is 9.69. The first-order chi connectivity index (χ1) is 10.3. The number of esters is 1. The molecule has 1 aliphatic rings. The number of hydrogen-bond acceptors (Lipinski definition) is 4. The van der Waals surface area contributed by atoms with Gasteiger partial charge in [-0.2, -0.15) is 0 Å². The molecule has 0 spiro atoms. The molecule has 4 heteroatoms. The molecule has 1 aromatic carbocycles. The van der Waals surface area contributed by atoms with Gasteiger partial charge in [0, 0.05) is 11.0 Å². The Hall–Kier alpha value is -1.65. The van der Waals surface area contributed by atoms with E-state index < -0.39 is 18.7 Å². The lowest BCUT2D eigenvalue weighted by Crippen LogP contribution is -2.29. The summed E-state index contributed by atoms with van der Waals surface area (Å²) in [7, 11) is 0. The Morgan fingerprint density at radius 1 is 1.18 bits per heavy atom. The van der Waals surface area contributed by atoms with Crippen molar-refractivity contribution in [2.75, 3.05) is 0 Å². The van der Waals surface area contributed by atoms with E-state index in [9.17, 15) is 4.79 Å². The van der Waals surface area contributed by atoms with E-state index in [1.807, 2.05) is 51.1 Å². The largest absolute Gasteiger partial charge is 0.429 e. The normalized spacial score (nSPS) is 26.0. The van der Waals surface area contributed by atoms with Crippen LogP contribution in [0.25, 0.3) is 0 Å². The molecule has 0 aliphatic carbocycles. The molecule has 2 rings (SSSR count). The lowest BCUT2D eigenvalue weighted by Gasteiger charge is -2.24. The highest BCUT2D eigenvalue weighted by molar-refractivity contribution is 5.87. The molecule has 1 heterocycles. The van der Waals surface area contributed by atoms with E-state index in [2.05, 4.69) is 0 Å². The van der Waals surface area contributed by atoms with Gasteiger partial charge < -0.3 is 14.2 Å². The van der Waals surface area contributed by atoms with Gasteiger partial charge in [0.15, 0.2) is 6.29 Å². The molecule has 0 aromatic heterocycles. The monoisotopic (exact) mass is 304 g/mol. The van der Waals surface area contributed by atoms with Gasteiger partial charge in [-0.25, -0.2) is 4.79 Å². The zero-order chi connectivity index (χ0) is 16.3. The van der Waals surface area contributed by atoms with E-state index in [1.54, 1.807) is 19.9 Å². The molecule has 1 aliphatic heterocycles. The molecule has 0 amide bonds. The van der Waals surface area contributed by atoms with Crippen LogP contribution in [0.15, 0.2) is 42.0 Å². The first-order valence-electron chi connectivity index (χ1n) is 7.52. The van der Waals surface area contributed by atoms with E-state index in [1.165, 1.54) is 0 Å². The summed E-state index contributed by atoms with van der Waals surface area (Å²) in [6.07, 6.45) is 0.131. The average molecular weight is 304 g/mol. The Morgan fingerprint density at radius 2 is 1.82 bits per heavy atom. The standard InChI is InChI=1S/C18H24O4/c1-6-12(2)15(19)21-16-14(13-10-8-7-9-11-13)20-17(22-16)18(3,4)5/h6-11,14,16-17H,1-5H3/b12-6+/t14-,16-,17-/m0/s1. The molecule has 0 radical (unpaired) electrons. The van der Waals surface area contributed by atoms with Crippen LogP contribution >= 0.6 is 0 Å². The van der Waals surface area contributed by atoms with Crippen molar-refractivity contribution in [3.63, 3.8) is 0 Å². The molecule has 0 N–H and O–H groups in total. The Balaban J connectivity index is 2.22. The van der Waals surface area contributed by atoms with Crippen LogP contribution in [0, 0.1) is 5.41 Å². The molecular formula is C18H24O4. The van der Waals surface area contributed by atoms with Gasteiger partial charge in [-0.1, -0.05) is 57.2 Å². The Bertz CT molecular complexity index is 542. The summed E-state index contributed by atoms with van der Waals surface area (Å²) in [4.78, 5) is 12.0. The molecule has 4 nitrogen and oxygen atoms in total. The van der Waals surface area contributed by atoms with Crippen molar-refractivity contribution in [3.05, 3.63) is 47.5 Å². The summed E-state index contributed by atoms with van der Waals surface area (Å²) in [5, 5.41) is 0. The molecule has 1 saturated heterocycles. The van der Waals surface area contributed by atoms with E-state index in [0.29, 0.717) is 5.57 Å². The Morgan fingerprint density at radius 3 is 2.36 bits per heavy atom. The molecule has 1 fully saturated rings. The van der Waals surface area contributed by atoms with Gasteiger partial charge in [0.25, 0.3) is 0 Å². The topological polar surface area (TPSA) is 44.8 Å². The molecule has 120 valence electrons. The SMILES string of the molecule is C/C=C(\C)C(=O)O[C@H]1O[C@@H](C(C)(C)C)O[C@H]1c1ccccc1. The Kier molecular flexibility index (Phi) is 5.04. The first-order valence-corrected chi connectivity index (χ1v) is 7.52. The summed E-state index contributed by atoms with van der Waals surface area (Å²) < 4.78 is 17.4. The predicted molar refractivity (Wildman–Crippen MR) is 83.9 cm³/mol. The molecule has 0 bridgehead atoms. The molecular weight excluding hydrogens is 280 g/mol. The highest BCUT2D eigenvalue weighted by Crippen LogP contribution is 2.40. The third kappa shape index (κ3) is 3.76. The first kappa shape index (κ1) is 16.7. The van der Waals surface area contributed by atoms with Gasteiger partial charge in [-0.15, -0.1) is 0 Å². The van der Waals surface area contributed by atoms with Crippen LogP contribution in [0.5, 0.6) is 0 Å². The van der Waals surface area contributed by atoms with Gasteiger partial charge >= 0.3 is 5.97 Å². The average Bonchev–Trinajstić information content (AvgIpc) is 2.91. The van der Waals surface area contributed by atoms with E-state index >= 15 is 0 Å². The smallest absolute Gasteiger partial charge is 0.335 e. The zero-order valence-corrected chi connectivity index (χ0v) is 13.8. The van der Waals surface area contributed by atoms with E-state index in [4.69, 9.17) is 14.2 Å². The van der Waals surface area contributed by atoms with Gasteiger partial charge in [0.05, 0.1) is 0 Å². The lowest BCUT2D eigenvalue weighted by molar-refractivity contribution is -0.186. The van der Waals surface area contributed by atoms with Crippen LogP contribution in [-0.2, 0) is 19.0 Å². The quantitative estimate of drug-likeness (QED) is 0.626. The minimum Gasteiger partial charge on any atom is -0.429 e. The summed E-state index contributed by atoms with van der Waals surface area (Å²) in [6.45, 7) is 9.61. The van der Waals surface area contributed by atoms with Crippen molar-refractivity contribution in [1.29, 1.82) is 0 Å². The number of ether oxygens (including phenoxy) is 3. The maximum atomic E-state index is 12.0. The van der Waals surface area contributed by atoms with Crippen LogP contribution in [0.3, 0.4) is 0 Å². The van der Waals surface area contributed by atoms with Crippen molar-refractivity contribution in [2.45, 2.75) is 53.3 Å². The Labute approximate surface area is 132 Å². The van der Waals surface area contributed by atoms with Crippen molar-refractivity contribution in [2.24, 2.45) is 5.41 Å². The summed E-state index contributed by atoms with van der Waals surface area (Å²) in [5.74, 6) is -0.383. The van der Waals surface area contributed by atoms with Crippen LogP contribution in [0.2, 0.25) is 0 Å². The van der Waals surface area contributed by atoms with Gasteiger partial charge in [0.1, 0.15) is 6.10 Å². The lowest BCUT2D eigenvalue weighted by atomic mass is 9.96. The fraction of sp³-hybridized carbons (Fsp3) is 0.500. The van der Waals surface area contributed by atoms with Gasteiger partial charge in [0.2, 0.25) is 6.29 Å². The zero-order valence-electron chi connectivity index (χ0n) is 13.8. The number of carbonyl (C=O) groups excluding carboxylic acids is 1. The summed E-state index contributed by atoms with van der Waals surface area (Å²) in [5.41, 5.74) is 1.28. The molecule has 3 atom stereocenters. The van der Waals surface area contributed by atoms with Crippen molar-refractivity contribution in [1.82, 2.24) is 0 Å². The molecule has 1 aromatic rings. The van der Waals surface area contributed by atoms with Crippen molar-refractivity contribution in [3.8, 4) is 0 Å².